The van der Waals surface area contributed by atoms with E-state index in [1.807, 2.05) is 41.5 Å². The van der Waals surface area contributed by atoms with Crippen molar-refractivity contribution in [2.24, 2.45) is 41.4 Å². The fourth-order valence-corrected chi connectivity index (χ4v) is 1.89. The van der Waals surface area contributed by atoms with E-state index >= 15 is 0 Å². The molecule has 0 unspecified atom stereocenters. The van der Waals surface area contributed by atoms with Gasteiger partial charge in [0, 0.05) is 0 Å². The zero-order valence-corrected chi connectivity index (χ0v) is 31.7. The van der Waals surface area contributed by atoms with E-state index in [1.54, 1.807) is 12.2 Å². The van der Waals surface area contributed by atoms with E-state index in [2.05, 4.69) is 131 Å². The van der Waals surface area contributed by atoms with Crippen LogP contribution < -0.4 is 0 Å². The van der Waals surface area contributed by atoms with Crippen LogP contribution in [0.5, 0.6) is 0 Å². The van der Waals surface area contributed by atoms with Gasteiger partial charge in [-0.1, -0.05) is 164 Å². The first-order chi connectivity index (χ1) is 16.8. The van der Waals surface area contributed by atoms with Crippen molar-refractivity contribution in [3.8, 4) is 0 Å². The summed E-state index contributed by atoms with van der Waals surface area (Å²) in [5.41, 5.74) is 0. The summed E-state index contributed by atoms with van der Waals surface area (Å²) in [7, 11) is 0. The molecule has 0 aromatic carbocycles. The maximum absolute atomic E-state index is 3.36. The molecule has 0 aliphatic heterocycles. The quantitative estimate of drug-likeness (QED) is 0.309. The molecule has 0 saturated heterocycles. The molecule has 0 spiro atoms. The van der Waals surface area contributed by atoms with Crippen LogP contribution in [0.15, 0.2) is 25.3 Å². The van der Waals surface area contributed by atoms with Crippen molar-refractivity contribution in [2.45, 2.75) is 179 Å². The van der Waals surface area contributed by atoms with E-state index in [-0.39, 0.29) is 0 Å². The van der Waals surface area contributed by atoms with E-state index in [0.29, 0.717) is 0 Å². The summed E-state index contributed by atoms with van der Waals surface area (Å²) in [5, 5.41) is 0. The van der Waals surface area contributed by atoms with E-state index in [1.165, 1.54) is 19.3 Å². The van der Waals surface area contributed by atoms with Crippen molar-refractivity contribution in [1.29, 1.82) is 0 Å². The fraction of sp³-hybridized carbons (Fsp3) is 0.892. The molecule has 0 bridgehead atoms. The minimum atomic E-state index is 0.833. The molecular weight excluding hydrogens is 444 g/mol. The van der Waals surface area contributed by atoms with Gasteiger partial charge in [-0.05, 0) is 68.1 Å². The molecule has 0 nitrogen and oxygen atoms in total. The Balaban J connectivity index is -0.0000000353. The Morgan fingerprint density at radius 2 is 0.486 bits per heavy atom. The van der Waals surface area contributed by atoms with Gasteiger partial charge in [-0.25, -0.2) is 0 Å². The van der Waals surface area contributed by atoms with Crippen molar-refractivity contribution in [3.63, 3.8) is 0 Å². The largest absolute Gasteiger partial charge is 0.103 e. The van der Waals surface area contributed by atoms with E-state index in [4.69, 9.17) is 0 Å². The Morgan fingerprint density at radius 3 is 0.486 bits per heavy atom. The van der Waals surface area contributed by atoms with Crippen LogP contribution in [0.4, 0.5) is 0 Å². The van der Waals surface area contributed by atoms with E-state index < -0.39 is 0 Å². The summed E-state index contributed by atoms with van der Waals surface area (Å²) >= 11 is 0. The lowest BCUT2D eigenvalue weighted by molar-refractivity contribution is 0.469. The molecule has 0 atom stereocenters. The maximum Gasteiger partial charge on any atom is -0.0469 e. The molecule has 0 amide bonds. The van der Waals surface area contributed by atoms with Crippen molar-refractivity contribution in [1.82, 2.24) is 0 Å². The summed E-state index contributed by atoms with van der Waals surface area (Å²) in [6, 6.07) is 0. The number of allylic oxidation sites excluding steroid dienone is 2. The van der Waals surface area contributed by atoms with Crippen molar-refractivity contribution < 1.29 is 0 Å². The van der Waals surface area contributed by atoms with Gasteiger partial charge < -0.3 is 0 Å². The lowest BCUT2D eigenvalue weighted by atomic mass is 10.0. The molecule has 0 aromatic heterocycles. The minimum Gasteiger partial charge on any atom is -0.103 e. The van der Waals surface area contributed by atoms with Gasteiger partial charge in [0.15, 0.2) is 0 Å². The third-order valence-corrected chi connectivity index (χ3v) is 2.70. The van der Waals surface area contributed by atoms with Gasteiger partial charge in [-0.2, -0.15) is 0 Å². The van der Waals surface area contributed by atoms with Crippen LogP contribution in [0.25, 0.3) is 0 Å². The van der Waals surface area contributed by atoms with Crippen molar-refractivity contribution >= 4 is 0 Å². The van der Waals surface area contributed by atoms with E-state index in [9.17, 15) is 0 Å². The topological polar surface area (TPSA) is 0 Å². The van der Waals surface area contributed by atoms with Crippen molar-refractivity contribution in [2.75, 3.05) is 0 Å². The van der Waals surface area contributed by atoms with Gasteiger partial charge in [0.2, 0.25) is 0 Å². The molecule has 0 aliphatic carbocycles. The highest BCUT2D eigenvalue weighted by Crippen LogP contribution is 2.08. The summed E-state index contributed by atoms with van der Waals surface area (Å²) in [5.74, 6) is 6.05. The maximum atomic E-state index is 3.36. The molecule has 0 N–H and O–H groups in total. The van der Waals surface area contributed by atoms with Crippen LogP contribution in [0.2, 0.25) is 0 Å². The third kappa shape index (κ3) is 443. The lowest BCUT2D eigenvalue weighted by Crippen LogP contribution is -1.93. The predicted molar refractivity (Wildman–Crippen MR) is 189 cm³/mol. The average molecular weight is 533 g/mol. The number of rotatable bonds is 5. The number of hydrogen-bond acceptors (Lipinski definition) is 0. The predicted octanol–water partition coefficient (Wildman–Crippen LogP) is 15.2. The zero-order chi connectivity index (χ0) is 32.6. The highest BCUT2D eigenvalue weighted by Gasteiger charge is 1.96. The molecule has 37 heavy (non-hydrogen) atoms. The Bertz CT molecular complexity index is 233. The van der Waals surface area contributed by atoms with Crippen LogP contribution in [0, 0.1) is 41.4 Å². The Kier molecular flexibility index (Phi) is 107. The molecule has 0 radical (unpaired) electrons. The average Bonchev–Trinajstić information content (AvgIpc) is 2.70. The van der Waals surface area contributed by atoms with Crippen LogP contribution >= 0.6 is 0 Å². The van der Waals surface area contributed by atoms with Gasteiger partial charge in [-0.3, -0.25) is 0 Å². The summed E-state index contributed by atoms with van der Waals surface area (Å²) in [6.07, 6.45) is 7.53. The Morgan fingerprint density at radius 1 is 0.405 bits per heavy atom. The second kappa shape index (κ2) is 65.0. The molecule has 0 saturated carbocycles. The minimum absolute atomic E-state index is 0.833. The van der Waals surface area contributed by atoms with Crippen LogP contribution in [-0.2, 0) is 0 Å². The summed E-state index contributed by atoms with van der Waals surface area (Å²) < 4.78 is 0. The van der Waals surface area contributed by atoms with Gasteiger partial charge in [-0.15, -0.1) is 13.2 Å². The Hall–Kier alpha value is -0.520. The molecule has 0 aromatic rings. The van der Waals surface area contributed by atoms with Gasteiger partial charge in [0.1, 0.15) is 0 Å². The highest BCUT2D eigenvalue weighted by molar-refractivity contribution is 4.52. The standard InChI is InChI=1S/2C7H16.C5H12.2C4H10.2C3H6.2C2H6/c2*1-6(2)5-7(3)4;1-4-5(2)3;2*1-4(2)3;2*1-3-2;2*1-2/h2*6-7H,5H2,1-4H3;5H,4H2,1-3H3;2*4H,1-3H3;2*3H,1H2,2H3;2*1-2H3. The smallest absolute Gasteiger partial charge is 0.0469 e. The highest BCUT2D eigenvalue weighted by atomic mass is 14.0. The number of hydrogen-bond donors (Lipinski definition) is 0. The second-order valence-corrected chi connectivity index (χ2v) is 12.1. The molecular formula is C37H88. The molecule has 0 heterocycles. The molecule has 236 valence electrons. The van der Waals surface area contributed by atoms with Crippen LogP contribution in [0.1, 0.15) is 179 Å². The Labute approximate surface area is 245 Å². The monoisotopic (exact) mass is 533 g/mol. The van der Waals surface area contributed by atoms with Gasteiger partial charge in [0.05, 0.1) is 0 Å². The molecule has 0 heteroatoms. The first-order valence-corrected chi connectivity index (χ1v) is 16.0. The van der Waals surface area contributed by atoms with Crippen LogP contribution in [-0.4, -0.2) is 0 Å². The fourth-order valence-electron chi connectivity index (χ4n) is 1.89. The molecule has 0 fully saturated rings. The molecule has 0 aliphatic rings. The summed E-state index contributed by atoms with van der Waals surface area (Å²) in [4.78, 5) is 0. The lowest BCUT2D eigenvalue weighted by Gasteiger charge is -2.05. The molecule has 0 rings (SSSR count). The first-order valence-electron chi connectivity index (χ1n) is 16.0. The SMILES string of the molecule is C=CC.C=CC.CC.CC.CC(C)C.CC(C)C.CC(C)CC(C)C.CC(C)CC(C)C.CCC(C)C. The van der Waals surface area contributed by atoms with Gasteiger partial charge in [0.25, 0.3) is 0 Å². The second-order valence-electron chi connectivity index (χ2n) is 12.1. The van der Waals surface area contributed by atoms with E-state index in [0.717, 1.165) is 41.4 Å². The normalized spacial score (nSPS) is 8.49. The van der Waals surface area contributed by atoms with Gasteiger partial charge >= 0.3 is 0 Å². The van der Waals surface area contributed by atoms with Crippen LogP contribution in [0.3, 0.4) is 0 Å². The third-order valence-electron chi connectivity index (χ3n) is 2.70. The first kappa shape index (κ1) is 60.8. The van der Waals surface area contributed by atoms with Crippen molar-refractivity contribution in [3.05, 3.63) is 25.3 Å². The summed E-state index contributed by atoms with van der Waals surface area (Å²) in [6.45, 7) is 56.3. The zero-order valence-electron chi connectivity index (χ0n) is 31.7.